The van der Waals surface area contributed by atoms with Gasteiger partial charge in [-0.05, 0) is 44.7 Å². The van der Waals surface area contributed by atoms with E-state index < -0.39 is 0 Å². The Kier molecular flexibility index (Phi) is 4.08. The number of aryl methyl sites for hydroxylation is 2. The first-order valence-electron chi connectivity index (χ1n) is 7.54. The Hall–Kier alpha value is -2.04. The second-order valence-electron chi connectivity index (χ2n) is 5.75. The van der Waals surface area contributed by atoms with Crippen LogP contribution in [0.5, 0.6) is 0 Å². The SMILES string of the molecule is Cc1cc(C)nc(CC2CCN(c3ncccn3)CC2)n1. The topological polar surface area (TPSA) is 54.8 Å². The Labute approximate surface area is 125 Å². The zero-order chi connectivity index (χ0) is 14.7. The molecule has 0 saturated carbocycles. The summed E-state index contributed by atoms with van der Waals surface area (Å²) in [7, 11) is 0. The fourth-order valence-corrected chi connectivity index (χ4v) is 2.94. The molecule has 0 atom stereocenters. The van der Waals surface area contributed by atoms with Crippen molar-refractivity contribution in [2.75, 3.05) is 18.0 Å². The van der Waals surface area contributed by atoms with Crippen LogP contribution in [0.2, 0.25) is 0 Å². The monoisotopic (exact) mass is 283 g/mol. The van der Waals surface area contributed by atoms with Crippen LogP contribution >= 0.6 is 0 Å². The molecule has 3 rings (SSSR count). The van der Waals surface area contributed by atoms with Gasteiger partial charge < -0.3 is 4.90 Å². The molecule has 0 aliphatic carbocycles. The summed E-state index contributed by atoms with van der Waals surface area (Å²) in [6, 6.07) is 3.88. The molecule has 0 aromatic carbocycles. The van der Waals surface area contributed by atoms with Crippen molar-refractivity contribution < 1.29 is 0 Å². The molecule has 0 N–H and O–H groups in total. The van der Waals surface area contributed by atoms with E-state index in [9.17, 15) is 0 Å². The van der Waals surface area contributed by atoms with Gasteiger partial charge in [0.15, 0.2) is 0 Å². The van der Waals surface area contributed by atoms with E-state index in [1.165, 1.54) is 0 Å². The highest BCUT2D eigenvalue weighted by molar-refractivity contribution is 5.28. The van der Waals surface area contributed by atoms with E-state index in [2.05, 4.69) is 24.8 Å². The Morgan fingerprint density at radius 3 is 2.29 bits per heavy atom. The van der Waals surface area contributed by atoms with Gasteiger partial charge in [-0.1, -0.05) is 0 Å². The van der Waals surface area contributed by atoms with E-state index in [1.807, 2.05) is 26.0 Å². The number of anilines is 1. The van der Waals surface area contributed by atoms with Crippen LogP contribution in [0.15, 0.2) is 24.5 Å². The van der Waals surface area contributed by atoms with Crippen molar-refractivity contribution in [3.8, 4) is 0 Å². The van der Waals surface area contributed by atoms with Gasteiger partial charge in [0.1, 0.15) is 5.82 Å². The lowest BCUT2D eigenvalue weighted by molar-refractivity contribution is 0.393. The molecular weight excluding hydrogens is 262 g/mol. The quantitative estimate of drug-likeness (QED) is 0.865. The molecule has 1 saturated heterocycles. The number of hydrogen-bond acceptors (Lipinski definition) is 5. The molecule has 0 radical (unpaired) electrons. The minimum atomic E-state index is 0.658. The predicted octanol–water partition coefficient (Wildman–Crippen LogP) is 2.34. The van der Waals surface area contributed by atoms with E-state index in [-0.39, 0.29) is 0 Å². The first-order chi connectivity index (χ1) is 10.2. The summed E-state index contributed by atoms with van der Waals surface area (Å²) in [5.74, 6) is 2.49. The Morgan fingerprint density at radius 2 is 1.67 bits per heavy atom. The summed E-state index contributed by atoms with van der Waals surface area (Å²) >= 11 is 0. The molecule has 0 unspecified atom stereocenters. The second-order valence-corrected chi connectivity index (χ2v) is 5.75. The molecule has 110 valence electrons. The zero-order valence-electron chi connectivity index (χ0n) is 12.7. The highest BCUT2D eigenvalue weighted by atomic mass is 15.2. The van der Waals surface area contributed by atoms with Gasteiger partial charge in [0.25, 0.3) is 0 Å². The second kappa shape index (κ2) is 6.16. The summed E-state index contributed by atoms with van der Waals surface area (Å²) in [4.78, 5) is 20.0. The molecule has 5 nitrogen and oxygen atoms in total. The van der Waals surface area contributed by atoms with Crippen LogP contribution in [0, 0.1) is 19.8 Å². The molecular formula is C16H21N5. The highest BCUT2D eigenvalue weighted by Crippen LogP contribution is 2.22. The summed E-state index contributed by atoms with van der Waals surface area (Å²) < 4.78 is 0. The number of hydrogen-bond donors (Lipinski definition) is 0. The lowest BCUT2D eigenvalue weighted by Gasteiger charge is -2.31. The maximum absolute atomic E-state index is 4.56. The van der Waals surface area contributed by atoms with Gasteiger partial charge in [0.2, 0.25) is 5.95 Å². The smallest absolute Gasteiger partial charge is 0.225 e. The minimum Gasteiger partial charge on any atom is -0.341 e. The van der Waals surface area contributed by atoms with Crippen LogP contribution in [-0.2, 0) is 6.42 Å². The predicted molar refractivity (Wildman–Crippen MR) is 82.2 cm³/mol. The van der Waals surface area contributed by atoms with E-state index in [4.69, 9.17) is 0 Å². The summed E-state index contributed by atoms with van der Waals surface area (Å²) in [6.07, 6.45) is 6.88. The molecule has 21 heavy (non-hydrogen) atoms. The first kappa shape index (κ1) is 13.9. The van der Waals surface area contributed by atoms with Gasteiger partial charge in [0, 0.05) is 43.3 Å². The average Bonchev–Trinajstić information content (AvgIpc) is 2.48. The molecule has 3 heterocycles. The van der Waals surface area contributed by atoms with Crippen LogP contribution < -0.4 is 4.90 Å². The van der Waals surface area contributed by atoms with Crippen molar-refractivity contribution in [2.24, 2.45) is 5.92 Å². The highest BCUT2D eigenvalue weighted by Gasteiger charge is 2.21. The van der Waals surface area contributed by atoms with Crippen LogP contribution in [-0.4, -0.2) is 33.0 Å². The van der Waals surface area contributed by atoms with Crippen LogP contribution in [0.1, 0.15) is 30.1 Å². The van der Waals surface area contributed by atoms with Gasteiger partial charge in [-0.2, -0.15) is 0 Å². The third-order valence-electron chi connectivity index (χ3n) is 3.95. The molecule has 1 fully saturated rings. The summed E-state index contributed by atoms with van der Waals surface area (Å²) in [5, 5.41) is 0. The van der Waals surface area contributed by atoms with Crippen molar-refractivity contribution in [1.29, 1.82) is 0 Å². The van der Waals surface area contributed by atoms with Gasteiger partial charge in [-0.15, -0.1) is 0 Å². The fraction of sp³-hybridized carbons (Fsp3) is 0.500. The van der Waals surface area contributed by atoms with Crippen LogP contribution in [0.3, 0.4) is 0 Å². The zero-order valence-corrected chi connectivity index (χ0v) is 12.7. The van der Waals surface area contributed by atoms with E-state index in [0.717, 1.165) is 55.5 Å². The molecule has 0 bridgehead atoms. The molecule has 2 aromatic rings. The van der Waals surface area contributed by atoms with Crippen molar-refractivity contribution in [2.45, 2.75) is 33.1 Å². The van der Waals surface area contributed by atoms with Gasteiger partial charge in [0.05, 0.1) is 0 Å². The number of nitrogens with zero attached hydrogens (tertiary/aromatic N) is 5. The van der Waals surface area contributed by atoms with Crippen molar-refractivity contribution in [3.63, 3.8) is 0 Å². The van der Waals surface area contributed by atoms with Crippen LogP contribution in [0.4, 0.5) is 5.95 Å². The van der Waals surface area contributed by atoms with Gasteiger partial charge in [-0.25, -0.2) is 19.9 Å². The van der Waals surface area contributed by atoms with E-state index >= 15 is 0 Å². The average molecular weight is 283 g/mol. The third kappa shape index (κ3) is 3.54. The number of piperidine rings is 1. The summed E-state index contributed by atoms with van der Waals surface area (Å²) in [6.45, 7) is 6.10. The normalized spacial score (nSPS) is 16.2. The molecule has 1 aliphatic rings. The Bertz CT molecular complexity index is 571. The molecule has 0 amide bonds. The van der Waals surface area contributed by atoms with E-state index in [1.54, 1.807) is 12.4 Å². The lowest BCUT2D eigenvalue weighted by Crippen LogP contribution is -2.35. The van der Waals surface area contributed by atoms with Crippen molar-refractivity contribution in [3.05, 3.63) is 41.7 Å². The summed E-state index contributed by atoms with van der Waals surface area (Å²) in [5.41, 5.74) is 2.13. The number of aromatic nitrogens is 4. The third-order valence-corrected chi connectivity index (χ3v) is 3.95. The fourth-order valence-electron chi connectivity index (χ4n) is 2.94. The maximum atomic E-state index is 4.56. The Morgan fingerprint density at radius 1 is 1.05 bits per heavy atom. The largest absolute Gasteiger partial charge is 0.341 e. The van der Waals surface area contributed by atoms with Crippen molar-refractivity contribution >= 4 is 5.95 Å². The molecule has 1 aliphatic heterocycles. The van der Waals surface area contributed by atoms with Gasteiger partial charge in [-0.3, -0.25) is 0 Å². The van der Waals surface area contributed by atoms with Gasteiger partial charge >= 0.3 is 0 Å². The van der Waals surface area contributed by atoms with Crippen LogP contribution in [0.25, 0.3) is 0 Å². The lowest BCUT2D eigenvalue weighted by atomic mass is 9.93. The van der Waals surface area contributed by atoms with E-state index in [0.29, 0.717) is 5.92 Å². The maximum Gasteiger partial charge on any atom is 0.225 e. The molecule has 2 aromatic heterocycles. The first-order valence-corrected chi connectivity index (χ1v) is 7.54. The Balaban J connectivity index is 1.58. The molecule has 5 heteroatoms. The minimum absolute atomic E-state index is 0.658. The standard InChI is InChI=1S/C16H21N5/c1-12-10-13(2)20-15(19-12)11-14-4-8-21(9-5-14)16-17-6-3-7-18-16/h3,6-7,10,14H,4-5,8-9,11H2,1-2H3. The number of rotatable bonds is 3. The molecule has 0 spiro atoms. The van der Waals surface area contributed by atoms with Crippen molar-refractivity contribution in [1.82, 2.24) is 19.9 Å².